The van der Waals surface area contributed by atoms with Gasteiger partial charge in [-0.1, -0.05) is 12.1 Å². The molecule has 2 aromatic rings. The number of nitrogens with one attached hydrogen (secondary N) is 2. The first-order valence-corrected chi connectivity index (χ1v) is 9.87. The van der Waals surface area contributed by atoms with Gasteiger partial charge in [-0.15, -0.1) is 0 Å². The minimum atomic E-state index is -0.514. The number of carbonyl (C=O) groups excluding carboxylic acids is 1. The molecule has 0 radical (unpaired) electrons. The summed E-state index contributed by atoms with van der Waals surface area (Å²) in [6.45, 7) is 12.5. The summed E-state index contributed by atoms with van der Waals surface area (Å²) in [7, 11) is 0. The fourth-order valence-electron chi connectivity index (χ4n) is 3.19. The molecule has 0 saturated carbocycles. The van der Waals surface area contributed by atoms with E-state index < -0.39 is 11.6 Å². The lowest BCUT2D eigenvalue weighted by Crippen LogP contribution is -2.30. The van der Waals surface area contributed by atoms with Crippen molar-refractivity contribution in [2.75, 3.05) is 5.32 Å². The highest BCUT2D eigenvalue weighted by Crippen LogP contribution is 2.34. The van der Waals surface area contributed by atoms with Crippen LogP contribution in [0.5, 0.6) is 0 Å². The van der Waals surface area contributed by atoms with Gasteiger partial charge < -0.3 is 10.6 Å². The van der Waals surface area contributed by atoms with Crippen molar-refractivity contribution in [2.45, 2.75) is 60.5 Å². The third-order valence-corrected chi connectivity index (χ3v) is 4.66. The molecule has 1 amide bonds. The van der Waals surface area contributed by atoms with Crippen molar-refractivity contribution in [3.63, 3.8) is 0 Å². The van der Waals surface area contributed by atoms with Gasteiger partial charge in [0.05, 0.1) is 0 Å². The Morgan fingerprint density at radius 1 is 0.931 bits per heavy atom. The fraction of sp³-hybridized carbons (Fsp3) is 0.375. The van der Waals surface area contributed by atoms with Crippen LogP contribution >= 0.6 is 0 Å². The van der Waals surface area contributed by atoms with E-state index in [1.165, 1.54) is 13.0 Å². The fourth-order valence-corrected chi connectivity index (χ4v) is 3.19. The van der Waals surface area contributed by atoms with Crippen molar-refractivity contribution in [2.24, 2.45) is 0 Å². The largest absolute Gasteiger partial charge is 0.383 e. The zero-order valence-corrected chi connectivity index (χ0v) is 18.2. The maximum atomic E-state index is 15.2. The van der Waals surface area contributed by atoms with Gasteiger partial charge in [0, 0.05) is 34.5 Å². The molecule has 0 saturated heterocycles. The summed E-state index contributed by atoms with van der Waals surface area (Å²) in [5, 5.41) is 6.03. The first-order chi connectivity index (χ1) is 13.5. The second-order valence-electron chi connectivity index (χ2n) is 8.00. The van der Waals surface area contributed by atoms with Crippen LogP contribution in [0.15, 0.2) is 29.8 Å². The molecule has 156 valence electrons. The van der Waals surface area contributed by atoms with E-state index in [9.17, 15) is 4.79 Å². The summed E-state index contributed by atoms with van der Waals surface area (Å²) < 4.78 is 30.4. The smallest absolute Gasteiger partial charge is 0.247 e. The van der Waals surface area contributed by atoms with Crippen molar-refractivity contribution < 1.29 is 13.6 Å². The van der Waals surface area contributed by atoms with Crippen LogP contribution in [0.25, 0.3) is 17.2 Å². The van der Waals surface area contributed by atoms with Gasteiger partial charge in [-0.3, -0.25) is 4.79 Å². The van der Waals surface area contributed by atoms with Crippen LogP contribution in [0.4, 0.5) is 14.5 Å². The summed E-state index contributed by atoms with van der Waals surface area (Å²) in [6, 6.07) is 7.52. The Morgan fingerprint density at radius 2 is 1.52 bits per heavy atom. The Hall–Kier alpha value is -2.69. The van der Waals surface area contributed by atoms with Crippen LogP contribution in [-0.2, 0) is 4.79 Å². The average Bonchev–Trinajstić information content (AvgIpc) is 2.64. The molecule has 0 unspecified atom stereocenters. The molecule has 5 heteroatoms. The lowest BCUT2D eigenvalue weighted by Gasteiger charge is -2.16. The molecule has 2 aromatic carbocycles. The highest BCUT2D eigenvalue weighted by atomic mass is 19.1. The molecule has 0 spiro atoms. The predicted molar refractivity (Wildman–Crippen MR) is 117 cm³/mol. The minimum absolute atomic E-state index is 0.0363. The maximum absolute atomic E-state index is 15.2. The lowest BCUT2D eigenvalue weighted by atomic mass is 9.92. The van der Waals surface area contributed by atoms with Crippen LogP contribution in [0.3, 0.4) is 0 Å². The Labute approximate surface area is 172 Å². The molecule has 0 atom stereocenters. The summed E-state index contributed by atoms with van der Waals surface area (Å²) in [5.74, 6) is -1.29. The molecule has 2 rings (SSSR count). The zero-order chi connectivity index (χ0) is 21.9. The Bertz CT molecular complexity index is 900. The van der Waals surface area contributed by atoms with Crippen molar-refractivity contribution in [1.82, 2.24) is 5.32 Å². The topological polar surface area (TPSA) is 41.1 Å². The van der Waals surface area contributed by atoms with Gasteiger partial charge in [-0.2, -0.15) is 0 Å². The van der Waals surface area contributed by atoms with E-state index >= 15 is 8.78 Å². The number of hydrogen-bond acceptors (Lipinski definition) is 2. The molecule has 0 fully saturated rings. The number of hydrogen-bond donors (Lipinski definition) is 2. The van der Waals surface area contributed by atoms with E-state index in [-0.39, 0.29) is 40.2 Å². The predicted octanol–water partition coefficient (Wildman–Crippen LogP) is 6.00. The van der Waals surface area contributed by atoms with Gasteiger partial charge in [-0.25, -0.2) is 8.78 Å². The van der Waals surface area contributed by atoms with Crippen LogP contribution in [0.2, 0.25) is 0 Å². The third-order valence-electron chi connectivity index (χ3n) is 4.66. The van der Waals surface area contributed by atoms with E-state index in [0.29, 0.717) is 11.1 Å². The normalized spacial score (nSPS) is 11.9. The van der Waals surface area contributed by atoms with Crippen molar-refractivity contribution >= 4 is 17.7 Å². The Morgan fingerprint density at radius 3 is 2.03 bits per heavy atom. The first kappa shape index (κ1) is 22.6. The molecule has 0 aliphatic carbocycles. The molecule has 0 aliphatic heterocycles. The molecular weight excluding hydrogens is 370 g/mol. The molecule has 0 aromatic heterocycles. The van der Waals surface area contributed by atoms with Gasteiger partial charge in [0.2, 0.25) is 5.91 Å². The van der Waals surface area contributed by atoms with E-state index in [1.54, 1.807) is 26.0 Å². The van der Waals surface area contributed by atoms with Gasteiger partial charge in [0.25, 0.3) is 0 Å². The van der Waals surface area contributed by atoms with Gasteiger partial charge >= 0.3 is 0 Å². The lowest BCUT2D eigenvalue weighted by molar-refractivity contribution is -0.117. The van der Waals surface area contributed by atoms with E-state index in [0.717, 1.165) is 5.69 Å². The number of halogens is 2. The number of amides is 1. The first-order valence-electron chi connectivity index (χ1n) is 9.87. The summed E-state index contributed by atoms with van der Waals surface area (Å²) in [6.07, 6.45) is 1.41. The SMILES string of the molecule is CC(=Cc1c(C)c(F)c(-c2ccc(NC(C)C)cc2)c(C)c1F)C(=O)NC(C)C. The molecule has 2 N–H and O–H groups in total. The summed E-state index contributed by atoms with van der Waals surface area (Å²) in [5.41, 5.74) is 2.63. The quantitative estimate of drug-likeness (QED) is 0.584. The second-order valence-corrected chi connectivity index (χ2v) is 8.00. The molecule has 0 aliphatic rings. The molecular formula is C24H30F2N2O. The Balaban J connectivity index is 2.50. The highest BCUT2D eigenvalue weighted by molar-refractivity contribution is 5.97. The standard InChI is InChI=1S/C24H30F2N2O/c1-13(2)27-19-10-8-18(9-11-19)21-17(7)22(25)20(16(6)23(21)26)12-15(5)24(29)28-14(3)4/h8-14,27H,1-7H3,(H,28,29). The number of anilines is 1. The Kier molecular flexibility index (Phi) is 7.17. The van der Waals surface area contributed by atoms with Crippen LogP contribution in [-0.4, -0.2) is 18.0 Å². The van der Waals surface area contributed by atoms with Gasteiger partial charge in [0.15, 0.2) is 0 Å². The summed E-state index contributed by atoms with van der Waals surface area (Å²) >= 11 is 0. The van der Waals surface area contributed by atoms with Gasteiger partial charge in [-0.05, 0) is 83.4 Å². The molecule has 3 nitrogen and oxygen atoms in total. The number of rotatable bonds is 6. The maximum Gasteiger partial charge on any atom is 0.247 e. The van der Waals surface area contributed by atoms with Crippen LogP contribution < -0.4 is 10.6 Å². The van der Waals surface area contributed by atoms with E-state index in [1.807, 2.05) is 39.8 Å². The van der Waals surface area contributed by atoms with Crippen molar-refractivity contribution in [3.8, 4) is 11.1 Å². The average molecular weight is 401 g/mol. The highest BCUT2D eigenvalue weighted by Gasteiger charge is 2.21. The van der Waals surface area contributed by atoms with Crippen molar-refractivity contribution in [3.05, 3.63) is 58.2 Å². The monoisotopic (exact) mass is 400 g/mol. The number of carbonyl (C=O) groups is 1. The number of benzene rings is 2. The van der Waals surface area contributed by atoms with E-state index in [4.69, 9.17) is 0 Å². The molecule has 0 bridgehead atoms. The second kappa shape index (κ2) is 9.21. The third kappa shape index (κ3) is 5.22. The zero-order valence-electron chi connectivity index (χ0n) is 18.2. The van der Waals surface area contributed by atoms with Crippen LogP contribution in [0.1, 0.15) is 51.3 Å². The van der Waals surface area contributed by atoms with Gasteiger partial charge in [0.1, 0.15) is 11.6 Å². The molecule has 0 heterocycles. The van der Waals surface area contributed by atoms with Crippen molar-refractivity contribution in [1.29, 1.82) is 0 Å². The molecule has 29 heavy (non-hydrogen) atoms. The van der Waals surface area contributed by atoms with Crippen LogP contribution in [0, 0.1) is 25.5 Å². The minimum Gasteiger partial charge on any atom is -0.383 e. The van der Waals surface area contributed by atoms with E-state index in [2.05, 4.69) is 10.6 Å². The summed E-state index contributed by atoms with van der Waals surface area (Å²) in [4.78, 5) is 12.1.